The van der Waals surface area contributed by atoms with Crippen LogP contribution in [0.5, 0.6) is 0 Å². The largest absolute Gasteiger partial charge is 0.472 e. The van der Waals surface area contributed by atoms with Gasteiger partial charge in [0.2, 0.25) is 0 Å². The Balaban J connectivity index is 2.13. The Morgan fingerprint density at radius 1 is 1.22 bits per heavy atom. The zero-order valence-corrected chi connectivity index (χ0v) is 10.1. The van der Waals surface area contributed by atoms with Gasteiger partial charge in [-0.05, 0) is 30.7 Å². The smallest absolute Gasteiger partial charge is 0.0954 e. The normalized spacial score (nSPS) is 12.8. The summed E-state index contributed by atoms with van der Waals surface area (Å²) in [6.45, 7) is 2.08. The predicted molar refractivity (Wildman–Crippen MR) is 71.2 cm³/mol. The minimum Gasteiger partial charge on any atom is -0.472 e. The average molecular weight is 238 g/mol. The second-order valence-electron chi connectivity index (χ2n) is 4.42. The van der Waals surface area contributed by atoms with Gasteiger partial charge in [0, 0.05) is 10.9 Å². The molecule has 90 valence electrons. The van der Waals surface area contributed by atoms with Crippen molar-refractivity contribution in [1.29, 1.82) is 0 Å². The van der Waals surface area contributed by atoms with Crippen LogP contribution >= 0.6 is 0 Å². The molecule has 0 aliphatic carbocycles. The van der Waals surface area contributed by atoms with Crippen molar-refractivity contribution >= 4 is 10.9 Å². The van der Waals surface area contributed by atoms with Crippen LogP contribution in [0.1, 0.15) is 22.9 Å². The topological polar surface area (TPSA) is 52.0 Å². The molecule has 1 unspecified atom stereocenters. The van der Waals surface area contributed by atoms with Crippen LogP contribution in [-0.2, 0) is 0 Å². The summed E-state index contributed by atoms with van der Waals surface area (Å²) in [6, 6.07) is 11.8. The first-order chi connectivity index (χ1) is 8.75. The molecule has 3 rings (SSSR count). The maximum absolute atomic E-state index is 6.20. The Morgan fingerprint density at radius 3 is 2.83 bits per heavy atom. The molecular weight excluding hydrogens is 224 g/mol. The van der Waals surface area contributed by atoms with E-state index in [9.17, 15) is 0 Å². The van der Waals surface area contributed by atoms with Crippen molar-refractivity contribution < 1.29 is 4.42 Å². The van der Waals surface area contributed by atoms with Crippen LogP contribution < -0.4 is 5.73 Å². The first-order valence-electron chi connectivity index (χ1n) is 5.89. The Hall–Kier alpha value is -2.13. The molecule has 0 aliphatic rings. The highest BCUT2D eigenvalue weighted by Gasteiger charge is 2.13. The standard InChI is InChI=1S/C15H14N2O/c1-10-8-14(15(16)11-6-7-18-9-11)17-13-5-3-2-4-12(10)13/h2-9,15H,16H2,1H3. The number of rotatable bonds is 2. The highest BCUT2D eigenvalue weighted by Crippen LogP contribution is 2.23. The van der Waals surface area contributed by atoms with Crippen LogP contribution in [0.4, 0.5) is 0 Å². The third kappa shape index (κ3) is 1.79. The number of para-hydroxylation sites is 1. The molecule has 0 amide bonds. The fraction of sp³-hybridized carbons (Fsp3) is 0.133. The third-order valence-corrected chi connectivity index (χ3v) is 3.16. The quantitative estimate of drug-likeness (QED) is 0.746. The van der Waals surface area contributed by atoms with E-state index in [1.807, 2.05) is 30.3 Å². The minimum absolute atomic E-state index is 0.243. The fourth-order valence-corrected chi connectivity index (χ4v) is 2.16. The van der Waals surface area contributed by atoms with Gasteiger partial charge in [-0.2, -0.15) is 0 Å². The van der Waals surface area contributed by atoms with E-state index in [4.69, 9.17) is 10.2 Å². The molecule has 2 aromatic heterocycles. The lowest BCUT2D eigenvalue weighted by Gasteiger charge is -2.11. The van der Waals surface area contributed by atoms with E-state index in [1.165, 1.54) is 10.9 Å². The van der Waals surface area contributed by atoms with Gasteiger partial charge in [-0.3, -0.25) is 4.98 Å². The number of pyridine rings is 1. The predicted octanol–water partition coefficient (Wildman–Crippen LogP) is 3.18. The lowest BCUT2D eigenvalue weighted by Crippen LogP contribution is -2.13. The molecule has 3 aromatic rings. The lowest BCUT2D eigenvalue weighted by molar-refractivity contribution is 0.561. The number of nitrogens with two attached hydrogens (primary N) is 1. The highest BCUT2D eigenvalue weighted by molar-refractivity contribution is 5.82. The summed E-state index contributed by atoms with van der Waals surface area (Å²) >= 11 is 0. The molecule has 2 N–H and O–H groups in total. The van der Waals surface area contributed by atoms with Crippen molar-refractivity contribution in [2.24, 2.45) is 5.73 Å². The maximum Gasteiger partial charge on any atom is 0.0954 e. The van der Waals surface area contributed by atoms with E-state index in [0.29, 0.717) is 0 Å². The van der Waals surface area contributed by atoms with Gasteiger partial charge >= 0.3 is 0 Å². The van der Waals surface area contributed by atoms with Crippen molar-refractivity contribution in [2.45, 2.75) is 13.0 Å². The summed E-state index contributed by atoms with van der Waals surface area (Å²) in [7, 11) is 0. The van der Waals surface area contributed by atoms with Crippen molar-refractivity contribution in [2.75, 3.05) is 0 Å². The van der Waals surface area contributed by atoms with E-state index in [1.54, 1.807) is 12.5 Å². The van der Waals surface area contributed by atoms with Crippen LogP contribution in [0.3, 0.4) is 0 Å². The molecular formula is C15H14N2O. The van der Waals surface area contributed by atoms with E-state index < -0.39 is 0 Å². The van der Waals surface area contributed by atoms with E-state index in [-0.39, 0.29) is 6.04 Å². The molecule has 2 heterocycles. The minimum atomic E-state index is -0.243. The third-order valence-electron chi connectivity index (χ3n) is 3.16. The van der Waals surface area contributed by atoms with Gasteiger partial charge in [0.25, 0.3) is 0 Å². The Morgan fingerprint density at radius 2 is 2.06 bits per heavy atom. The van der Waals surface area contributed by atoms with Crippen LogP contribution in [-0.4, -0.2) is 4.98 Å². The number of aryl methyl sites for hydroxylation is 1. The first-order valence-corrected chi connectivity index (χ1v) is 5.89. The summed E-state index contributed by atoms with van der Waals surface area (Å²) in [5.74, 6) is 0. The molecule has 0 saturated heterocycles. The van der Waals surface area contributed by atoms with E-state index in [0.717, 1.165) is 16.8 Å². The van der Waals surface area contributed by atoms with Crippen LogP contribution in [0, 0.1) is 6.92 Å². The average Bonchev–Trinajstić information content (AvgIpc) is 2.91. The van der Waals surface area contributed by atoms with Gasteiger partial charge in [0.05, 0.1) is 29.8 Å². The van der Waals surface area contributed by atoms with Gasteiger partial charge in [0.1, 0.15) is 0 Å². The summed E-state index contributed by atoms with van der Waals surface area (Å²) < 4.78 is 5.07. The van der Waals surface area contributed by atoms with Crippen molar-refractivity contribution in [3.63, 3.8) is 0 Å². The molecule has 0 spiro atoms. The Labute approximate surface area is 105 Å². The zero-order chi connectivity index (χ0) is 12.5. The Bertz CT molecular complexity index is 674. The molecule has 0 aliphatic heterocycles. The highest BCUT2D eigenvalue weighted by atomic mass is 16.3. The number of hydrogen-bond acceptors (Lipinski definition) is 3. The van der Waals surface area contributed by atoms with Crippen molar-refractivity contribution in [3.05, 3.63) is 65.7 Å². The van der Waals surface area contributed by atoms with Gasteiger partial charge in [-0.25, -0.2) is 0 Å². The van der Waals surface area contributed by atoms with Gasteiger partial charge in [0.15, 0.2) is 0 Å². The zero-order valence-electron chi connectivity index (χ0n) is 10.1. The summed E-state index contributed by atoms with van der Waals surface area (Å²) in [5, 5.41) is 1.17. The number of furan rings is 1. The molecule has 0 radical (unpaired) electrons. The van der Waals surface area contributed by atoms with Crippen LogP contribution in [0.15, 0.2) is 53.3 Å². The Kier molecular flexibility index (Phi) is 2.61. The number of hydrogen-bond donors (Lipinski definition) is 1. The van der Waals surface area contributed by atoms with Gasteiger partial charge < -0.3 is 10.2 Å². The second kappa shape index (κ2) is 4.27. The SMILES string of the molecule is Cc1cc(C(N)c2ccoc2)nc2ccccc12. The van der Waals surface area contributed by atoms with Gasteiger partial charge in [-0.1, -0.05) is 18.2 Å². The van der Waals surface area contributed by atoms with Crippen LogP contribution in [0.2, 0.25) is 0 Å². The number of fused-ring (bicyclic) bond motifs is 1. The fourth-order valence-electron chi connectivity index (χ4n) is 2.16. The van der Waals surface area contributed by atoms with Crippen molar-refractivity contribution in [1.82, 2.24) is 4.98 Å². The first kappa shape index (κ1) is 11.0. The molecule has 18 heavy (non-hydrogen) atoms. The molecule has 1 aromatic carbocycles. The summed E-state index contributed by atoms with van der Waals surface area (Å²) in [5.41, 5.74) is 10.2. The van der Waals surface area contributed by atoms with E-state index >= 15 is 0 Å². The lowest BCUT2D eigenvalue weighted by atomic mass is 10.0. The number of benzene rings is 1. The molecule has 0 bridgehead atoms. The molecule has 0 fully saturated rings. The van der Waals surface area contributed by atoms with Gasteiger partial charge in [-0.15, -0.1) is 0 Å². The molecule has 3 heteroatoms. The second-order valence-corrected chi connectivity index (χ2v) is 4.42. The van der Waals surface area contributed by atoms with E-state index in [2.05, 4.69) is 18.0 Å². The number of aromatic nitrogens is 1. The monoisotopic (exact) mass is 238 g/mol. The molecule has 1 atom stereocenters. The van der Waals surface area contributed by atoms with Crippen molar-refractivity contribution in [3.8, 4) is 0 Å². The summed E-state index contributed by atoms with van der Waals surface area (Å²) in [6.07, 6.45) is 3.29. The molecule has 0 saturated carbocycles. The number of nitrogens with zero attached hydrogens (tertiary/aromatic N) is 1. The summed E-state index contributed by atoms with van der Waals surface area (Å²) in [4.78, 5) is 4.63. The van der Waals surface area contributed by atoms with Crippen LogP contribution in [0.25, 0.3) is 10.9 Å². The molecule has 3 nitrogen and oxygen atoms in total. The maximum atomic E-state index is 6.20.